The Morgan fingerprint density at radius 2 is 2.25 bits per heavy atom. The second kappa shape index (κ2) is 7.20. The lowest BCUT2D eigenvalue weighted by molar-refractivity contribution is 0.0928. The summed E-state index contributed by atoms with van der Waals surface area (Å²) in [4.78, 5) is 23.1. The van der Waals surface area contributed by atoms with Crippen LogP contribution >= 0.6 is 0 Å². The molecule has 2 aromatic heterocycles. The van der Waals surface area contributed by atoms with E-state index in [1.165, 1.54) is 0 Å². The van der Waals surface area contributed by atoms with Crippen LogP contribution in [0.3, 0.4) is 0 Å². The van der Waals surface area contributed by atoms with Crippen molar-refractivity contribution in [2.75, 3.05) is 30.4 Å². The molecule has 1 saturated heterocycles. The highest BCUT2D eigenvalue weighted by atomic mass is 16.2. The van der Waals surface area contributed by atoms with Crippen molar-refractivity contribution in [3.8, 4) is 0 Å². The van der Waals surface area contributed by atoms with Gasteiger partial charge in [-0.05, 0) is 38.0 Å². The maximum atomic E-state index is 12.5. The number of hydrogen-bond donors (Lipinski definition) is 2. The Kier molecular flexibility index (Phi) is 4.83. The van der Waals surface area contributed by atoms with E-state index in [0.717, 1.165) is 30.9 Å². The van der Waals surface area contributed by atoms with E-state index in [1.54, 1.807) is 19.3 Å². The third-order valence-electron chi connectivity index (χ3n) is 3.95. The van der Waals surface area contributed by atoms with Gasteiger partial charge in [0.15, 0.2) is 5.82 Å². The van der Waals surface area contributed by atoms with Crippen molar-refractivity contribution in [3.63, 3.8) is 0 Å². The lowest BCUT2D eigenvalue weighted by Crippen LogP contribution is -2.48. The van der Waals surface area contributed by atoms with Crippen molar-refractivity contribution >= 4 is 17.7 Å². The van der Waals surface area contributed by atoms with Gasteiger partial charge in [-0.25, -0.2) is 9.97 Å². The van der Waals surface area contributed by atoms with E-state index in [1.807, 2.05) is 19.1 Å². The van der Waals surface area contributed by atoms with Crippen molar-refractivity contribution in [1.29, 1.82) is 0 Å². The Labute approximate surface area is 140 Å². The van der Waals surface area contributed by atoms with Crippen molar-refractivity contribution in [2.45, 2.75) is 25.8 Å². The lowest BCUT2D eigenvalue weighted by Gasteiger charge is -2.33. The summed E-state index contributed by atoms with van der Waals surface area (Å²) in [6.45, 7) is 3.48. The average Bonchev–Trinajstić information content (AvgIpc) is 2.62. The zero-order chi connectivity index (χ0) is 16.9. The van der Waals surface area contributed by atoms with E-state index in [9.17, 15) is 4.79 Å². The predicted molar refractivity (Wildman–Crippen MR) is 91.0 cm³/mol. The van der Waals surface area contributed by atoms with Crippen molar-refractivity contribution in [1.82, 2.24) is 25.5 Å². The first-order chi connectivity index (χ1) is 11.7. The molecular weight excluding hydrogens is 306 g/mol. The third-order valence-corrected chi connectivity index (χ3v) is 3.95. The molecule has 0 saturated carbocycles. The van der Waals surface area contributed by atoms with Gasteiger partial charge in [0.1, 0.15) is 5.69 Å². The highest BCUT2D eigenvalue weighted by Crippen LogP contribution is 2.17. The molecule has 0 spiro atoms. The van der Waals surface area contributed by atoms with Crippen molar-refractivity contribution < 1.29 is 4.79 Å². The van der Waals surface area contributed by atoms with E-state index in [4.69, 9.17) is 0 Å². The Morgan fingerprint density at radius 3 is 3.00 bits per heavy atom. The first kappa shape index (κ1) is 16.1. The Balaban J connectivity index is 1.67. The molecule has 0 aromatic carbocycles. The number of aryl methyl sites for hydroxylation is 1. The first-order valence-electron chi connectivity index (χ1n) is 8.02. The third kappa shape index (κ3) is 3.76. The van der Waals surface area contributed by atoms with Gasteiger partial charge in [-0.1, -0.05) is 0 Å². The van der Waals surface area contributed by atoms with E-state index < -0.39 is 0 Å². The smallest absolute Gasteiger partial charge is 0.270 e. The molecule has 24 heavy (non-hydrogen) atoms. The number of aromatic nitrogens is 4. The Morgan fingerprint density at radius 1 is 1.38 bits per heavy atom. The van der Waals surface area contributed by atoms with Crippen LogP contribution in [-0.4, -0.2) is 52.3 Å². The number of amides is 1. The van der Waals surface area contributed by atoms with Crippen molar-refractivity contribution in [3.05, 3.63) is 35.8 Å². The fourth-order valence-electron chi connectivity index (χ4n) is 2.82. The van der Waals surface area contributed by atoms with Gasteiger partial charge in [0.05, 0.1) is 0 Å². The highest BCUT2D eigenvalue weighted by molar-refractivity contribution is 5.92. The van der Waals surface area contributed by atoms with Gasteiger partial charge in [-0.15, -0.1) is 5.10 Å². The van der Waals surface area contributed by atoms with Crippen LogP contribution < -0.4 is 15.5 Å². The number of anilines is 2. The fraction of sp³-hybridized carbons (Fsp3) is 0.438. The van der Waals surface area contributed by atoms with E-state index in [2.05, 4.69) is 35.7 Å². The molecule has 1 aliphatic heterocycles. The molecule has 1 fully saturated rings. The minimum Gasteiger partial charge on any atom is -0.357 e. The summed E-state index contributed by atoms with van der Waals surface area (Å²) >= 11 is 0. The second-order valence-electron chi connectivity index (χ2n) is 5.81. The number of rotatable bonds is 4. The molecule has 8 nitrogen and oxygen atoms in total. The van der Waals surface area contributed by atoms with E-state index in [0.29, 0.717) is 18.2 Å². The average molecular weight is 327 g/mol. The SMILES string of the molecule is CNc1nc(C)cc(C(=O)N[C@H]2CCCN(c3cccnn3)C2)n1. The van der Waals surface area contributed by atoms with Crippen LogP contribution in [0, 0.1) is 6.92 Å². The van der Waals surface area contributed by atoms with Gasteiger partial charge in [-0.3, -0.25) is 4.79 Å². The van der Waals surface area contributed by atoms with Gasteiger partial charge in [0, 0.05) is 38.1 Å². The second-order valence-corrected chi connectivity index (χ2v) is 5.81. The molecule has 8 heteroatoms. The van der Waals surface area contributed by atoms with Gasteiger partial charge in [0.2, 0.25) is 5.95 Å². The van der Waals surface area contributed by atoms with Crippen LogP contribution in [0.25, 0.3) is 0 Å². The molecule has 1 amide bonds. The molecule has 0 radical (unpaired) electrons. The summed E-state index contributed by atoms with van der Waals surface area (Å²) < 4.78 is 0. The normalized spacial score (nSPS) is 17.4. The topological polar surface area (TPSA) is 95.9 Å². The first-order valence-corrected chi connectivity index (χ1v) is 8.02. The van der Waals surface area contributed by atoms with Crippen LogP contribution in [0.5, 0.6) is 0 Å². The number of carbonyl (C=O) groups excluding carboxylic acids is 1. The molecule has 0 bridgehead atoms. The molecule has 2 N–H and O–H groups in total. The van der Waals surface area contributed by atoms with E-state index >= 15 is 0 Å². The molecule has 0 aliphatic carbocycles. The number of piperidine rings is 1. The minimum absolute atomic E-state index is 0.0570. The summed E-state index contributed by atoms with van der Waals surface area (Å²) in [6, 6.07) is 5.55. The summed E-state index contributed by atoms with van der Waals surface area (Å²) in [5.41, 5.74) is 1.13. The highest BCUT2D eigenvalue weighted by Gasteiger charge is 2.23. The van der Waals surface area contributed by atoms with E-state index in [-0.39, 0.29) is 11.9 Å². The van der Waals surface area contributed by atoms with Crippen LogP contribution in [-0.2, 0) is 0 Å². The summed E-state index contributed by atoms with van der Waals surface area (Å²) in [6.07, 6.45) is 3.58. The predicted octanol–water partition coefficient (Wildman–Crippen LogP) is 1.02. The van der Waals surface area contributed by atoms with Gasteiger partial charge >= 0.3 is 0 Å². The van der Waals surface area contributed by atoms with Crippen LogP contribution in [0.2, 0.25) is 0 Å². The molecule has 0 unspecified atom stereocenters. The Bertz CT molecular complexity index is 707. The summed E-state index contributed by atoms with van der Waals surface area (Å²) in [5.74, 6) is 1.11. The molecular formula is C16H21N7O. The fourth-order valence-corrected chi connectivity index (χ4v) is 2.82. The van der Waals surface area contributed by atoms with Crippen LogP contribution in [0.4, 0.5) is 11.8 Å². The standard InChI is InChI=1S/C16H21N7O/c1-11-9-13(21-16(17-2)19-11)15(24)20-12-5-4-8-23(10-12)14-6-3-7-18-22-14/h3,6-7,9,12H,4-5,8,10H2,1-2H3,(H,20,24)(H,17,19,21)/t12-/m0/s1. The molecule has 3 heterocycles. The molecule has 3 rings (SSSR count). The lowest BCUT2D eigenvalue weighted by atomic mass is 10.1. The minimum atomic E-state index is -0.178. The Hall–Kier alpha value is -2.77. The largest absolute Gasteiger partial charge is 0.357 e. The summed E-state index contributed by atoms with van der Waals surface area (Å²) in [7, 11) is 1.73. The van der Waals surface area contributed by atoms with Crippen LogP contribution in [0.1, 0.15) is 29.0 Å². The van der Waals surface area contributed by atoms with Crippen molar-refractivity contribution in [2.24, 2.45) is 0 Å². The van der Waals surface area contributed by atoms with Crippen LogP contribution in [0.15, 0.2) is 24.4 Å². The number of hydrogen-bond acceptors (Lipinski definition) is 7. The maximum absolute atomic E-state index is 12.5. The van der Waals surface area contributed by atoms with Gasteiger partial charge in [0.25, 0.3) is 5.91 Å². The number of nitrogens with one attached hydrogen (secondary N) is 2. The summed E-state index contributed by atoms with van der Waals surface area (Å²) in [5, 5.41) is 14.0. The molecule has 1 aliphatic rings. The van der Waals surface area contributed by atoms with Gasteiger partial charge in [-0.2, -0.15) is 5.10 Å². The monoisotopic (exact) mass is 327 g/mol. The number of carbonyl (C=O) groups is 1. The molecule has 1 atom stereocenters. The molecule has 126 valence electrons. The maximum Gasteiger partial charge on any atom is 0.270 e. The zero-order valence-electron chi connectivity index (χ0n) is 13.9. The molecule has 2 aromatic rings. The zero-order valence-corrected chi connectivity index (χ0v) is 13.9. The quantitative estimate of drug-likeness (QED) is 0.865. The van der Waals surface area contributed by atoms with Gasteiger partial charge < -0.3 is 15.5 Å². The number of nitrogens with zero attached hydrogens (tertiary/aromatic N) is 5.